The zero-order valence-corrected chi connectivity index (χ0v) is 22.4. The largest absolute Gasteiger partial charge is 0.489 e. The summed E-state index contributed by atoms with van der Waals surface area (Å²) in [6.45, 7) is 4.72. The Morgan fingerprint density at radius 1 is 1.05 bits per heavy atom. The maximum atomic E-state index is 13.1. The number of hydrogen-bond donors (Lipinski definition) is 1. The van der Waals surface area contributed by atoms with Crippen molar-refractivity contribution >= 4 is 22.4 Å². The third-order valence-electron chi connectivity index (χ3n) is 6.66. The van der Waals surface area contributed by atoms with Crippen molar-refractivity contribution in [1.29, 1.82) is 0 Å². The smallest absolute Gasteiger partial charge is 0.257 e. The first-order chi connectivity index (χ1) is 18.5. The Morgan fingerprint density at radius 2 is 1.82 bits per heavy atom. The van der Waals surface area contributed by atoms with Crippen molar-refractivity contribution in [3.8, 4) is 22.1 Å². The standard InChI is InChI=1S/C29H31N5O3S/c1-20(22-6-4-3-5-7-22)37-25-9-8-24(18-26(25)36-19-21-12-16-34(2)17-13-21)27(35)31-29-33-32-28(38-29)23-10-14-30-15-11-23/h3-11,14-15,18,20-21H,12-13,16-17,19H2,1-2H3,(H,31,33,35). The van der Waals surface area contributed by atoms with Crippen LogP contribution in [0.25, 0.3) is 10.6 Å². The summed E-state index contributed by atoms with van der Waals surface area (Å²) in [6, 6.07) is 19.1. The number of rotatable bonds is 9. The van der Waals surface area contributed by atoms with Crippen LogP contribution < -0.4 is 14.8 Å². The van der Waals surface area contributed by atoms with Crippen LogP contribution in [0.5, 0.6) is 11.5 Å². The van der Waals surface area contributed by atoms with Crippen LogP contribution in [0.3, 0.4) is 0 Å². The van der Waals surface area contributed by atoms with E-state index in [0.29, 0.717) is 39.7 Å². The summed E-state index contributed by atoms with van der Waals surface area (Å²) >= 11 is 1.31. The summed E-state index contributed by atoms with van der Waals surface area (Å²) < 4.78 is 12.6. The summed E-state index contributed by atoms with van der Waals surface area (Å²) in [4.78, 5) is 19.5. The molecule has 0 saturated carbocycles. The molecule has 0 spiro atoms. The molecule has 2 aromatic heterocycles. The number of hydrogen-bond acceptors (Lipinski definition) is 8. The van der Waals surface area contributed by atoms with E-state index >= 15 is 0 Å². The molecule has 1 atom stereocenters. The fraction of sp³-hybridized carbons (Fsp3) is 0.310. The molecule has 0 radical (unpaired) electrons. The predicted octanol–water partition coefficient (Wildman–Crippen LogP) is 5.71. The number of nitrogens with one attached hydrogen (secondary N) is 1. The van der Waals surface area contributed by atoms with Gasteiger partial charge in [0, 0.05) is 23.5 Å². The van der Waals surface area contributed by atoms with Gasteiger partial charge in [0.1, 0.15) is 11.1 Å². The molecule has 1 amide bonds. The fourth-order valence-electron chi connectivity index (χ4n) is 4.33. The van der Waals surface area contributed by atoms with Gasteiger partial charge in [0.25, 0.3) is 5.91 Å². The molecule has 9 heteroatoms. The average molecular weight is 530 g/mol. The van der Waals surface area contributed by atoms with E-state index in [-0.39, 0.29) is 12.0 Å². The van der Waals surface area contributed by atoms with Crippen LogP contribution in [0.4, 0.5) is 5.13 Å². The van der Waals surface area contributed by atoms with Gasteiger partial charge in [0.15, 0.2) is 11.5 Å². The number of nitrogens with zero attached hydrogens (tertiary/aromatic N) is 4. The van der Waals surface area contributed by atoms with E-state index in [1.807, 2.05) is 49.4 Å². The molecule has 0 bridgehead atoms. The summed E-state index contributed by atoms with van der Waals surface area (Å²) in [5.74, 6) is 1.36. The van der Waals surface area contributed by atoms with Gasteiger partial charge in [-0.05, 0) is 81.7 Å². The molecule has 1 fully saturated rings. The molecule has 5 rings (SSSR count). The minimum absolute atomic E-state index is 0.172. The Labute approximate surface area is 226 Å². The Kier molecular flexibility index (Phi) is 8.25. The van der Waals surface area contributed by atoms with Crippen molar-refractivity contribution in [3.63, 3.8) is 0 Å². The van der Waals surface area contributed by atoms with E-state index in [9.17, 15) is 4.79 Å². The molecule has 1 aliphatic rings. The van der Waals surface area contributed by atoms with Crippen LogP contribution in [-0.4, -0.2) is 52.7 Å². The molecular weight excluding hydrogens is 498 g/mol. The Hall–Kier alpha value is -3.82. The van der Waals surface area contributed by atoms with Crippen molar-refractivity contribution in [2.24, 2.45) is 5.92 Å². The van der Waals surface area contributed by atoms with Crippen molar-refractivity contribution in [2.75, 3.05) is 32.1 Å². The first kappa shape index (κ1) is 25.8. The Balaban J connectivity index is 1.32. The maximum Gasteiger partial charge on any atom is 0.257 e. The van der Waals surface area contributed by atoms with E-state index in [0.717, 1.165) is 37.1 Å². The van der Waals surface area contributed by atoms with E-state index in [2.05, 4.69) is 32.4 Å². The van der Waals surface area contributed by atoms with Gasteiger partial charge in [-0.15, -0.1) is 10.2 Å². The number of ether oxygens (including phenoxy) is 2. The number of likely N-dealkylation sites (tertiary alicyclic amines) is 1. The zero-order chi connectivity index (χ0) is 26.3. The molecule has 1 aliphatic heterocycles. The number of anilines is 1. The van der Waals surface area contributed by atoms with E-state index in [4.69, 9.17) is 9.47 Å². The Morgan fingerprint density at radius 3 is 2.58 bits per heavy atom. The summed E-state index contributed by atoms with van der Waals surface area (Å²) in [5, 5.41) is 12.3. The third-order valence-corrected chi connectivity index (χ3v) is 7.55. The highest BCUT2D eigenvalue weighted by atomic mass is 32.1. The normalized spacial score (nSPS) is 15.1. The monoisotopic (exact) mass is 529 g/mol. The third kappa shape index (κ3) is 6.54. The molecule has 1 saturated heterocycles. The van der Waals surface area contributed by atoms with Crippen molar-refractivity contribution in [3.05, 3.63) is 84.2 Å². The number of amides is 1. The van der Waals surface area contributed by atoms with Gasteiger partial charge in [0.05, 0.1) is 6.61 Å². The minimum Gasteiger partial charge on any atom is -0.489 e. The van der Waals surface area contributed by atoms with E-state index < -0.39 is 0 Å². The molecule has 196 valence electrons. The van der Waals surface area contributed by atoms with Crippen LogP contribution >= 0.6 is 11.3 Å². The number of piperidine rings is 1. The Bertz CT molecular complexity index is 1340. The lowest BCUT2D eigenvalue weighted by Gasteiger charge is -2.29. The summed E-state index contributed by atoms with van der Waals surface area (Å²) in [6.07, 6.45) is 5.40. The van der Waals surface area contributed by atoms with Crippen LogP contribution in [-0.2, 0) is 0 Å². The highest BCUT2D eigenvalue weighted by Gasteiger charge is 2.20. The summed E-state index contributed by atoms with van der Waals surface area (Å²) in [5.41, 5.74) is 2.43. The highest BCUT2D eigenvalue weighted by molar-refractivity contribution is 7.18. The van der Waals surface area contributed by atoms with Crippen molar-refractivity contribution in [1.82, 2.24) is 20.1 Å². The second-order valence-corrected chi connectivity index (χ2v) is 10.5. The van der Waals surface area contributed by atoms with Gasteiger partial charge in [-0.25, -0.2) is 0 Å². The zero-order valence-electron chi connectivity index (χ0n) is 21.5. The average Bonchev–Trinajstić information content (AvgIpc) is 3.42. The topological polar surface area (TPSA) is 89.5 Å². The van der Waals surface area contributed by atoms with Gasteiger partial charge in [-0.3, -0.25) is 15.1 Å². The molecule has 1 N–H and O–H groups in total. The van der Waals surface area contributed by atoms with Crippen LogP contribution in [0.2, 0.25) is 0 Å². The number of aromatic nitrogens is 3. The molecule has 3 heterocycles. The lowest BCUT2D eigenvalue weighted by atomic mass is 9.98. The molecule has 8 nitrogen and oxygen atoms in total. The quantitative estimate of drug-likeness (QED) is 0.297. The van der Waals surface area contributed by atoms with E-state index in [1.54, 1.807) is 30.6 Å². The van der Waals surface area contributed by atoms with Gasteiger partial charge >= 0.3 is 0 Å². The maximum absolute atomic E-state index is 13.1. The number of carbonyl (C=O) groups is 1. The van der Waals surface area contributed by atoms with Gasteiger partial charge in [-0.2, -0.15) is 0 Å². The molecule has 2 aromatic carbocycles. The first-order valence-corrected chi connectivity index (χ1v) is 13.6. The van der Waals surface area contributed by atoms with Crippen LogP contribution in [0, 0.1) is 5.92 Å². The SMILES string of the molecule is CC(Oc1ccc(C(=O)Nc2nnc(-c3ccncc3)s2)cc1OCC1CCN(C)CC1)c1ccccc1. The molecule has 38 heavy (non-hydrogen) atoms. The number of pyridine rings is 1. The molecule has 1 unspecified atom stereocenters. The molecular formula is C29H31N5O3S. The molecule has 0 aliphatic carbocycles. The lowest BCUT2D eigenvalue weighted by molar-refractivity contribution is 0.102. The fourth-order valence-corrected chi connectivity index (χ4v) is 5.08. The van der Waals surface area contributed by atoms with Gasteiger partial charge < -0.3 is 14.4 Å². The van der Waals surface area contributed by atoms with Gasteiger partial charge in [-0.1, -0.05) is 41.7 Å². The highest BCUT2D eigenvalue weighted by Crippen LogP contribution is 2.34. The van der Waals surface area contributed by atoms with Crippen molar-refractivity contribution in [2.45, 2.75) is 25.9 Å². The van der Waals surface area contributed by atoms with Crippen molar-refractivity contribution < 1.29 is 14.3 Å². The van der Waals surface area contributed by atoms with Crippen LogP contribution in [0.1, 0.15) is 41.8 Å². The second kappa shape index (κ2) is 12.1. The lowest BCUT2D eigenvalue weighted by Crippen LogP contribution is -2.32. The minimum atomic E-state index is -0.283. The summed E-state index contributed by atoms with van der Waals surface area (Å²) in [7, 11) is 2.15. The van der Waals surface area contributed by atoms with Gasteiger partial charge in [0.2, 0.25) is 5.13 Å². The van der Waals surface area contributed by atoms with Crippen LogP contribution in [0.15, 0.2) is 73.1 Å². The second-order valence-electron chi connectivity index (χ2n) is 9.49. The predicted molar refractivity (Wildman–Crippen MR) is 149 cm³/mol. The van der Waals surface area contributed by atoms with E-state index in [1.165, 1.54) is 11.3 Å². The number of carbonyl (C=O) groups excluding carboxylic acids is 1. The number of benzene rings is 2. The first-order valence-electron chi connectivity index (χ1n) is 12.8. The molecule has 4 aromatic rings.